The second-order valence-corrected chi connectivity index (χ2v) is 7.96. The molecule has 2 aromatic rings. The lowest BCUT2D eigenvalue weighted by Crippen LogP contribution is -2.15. The van der Waals surface area contributed by atoms with E-state index in [1.54, 1.807) is 48.5 Å². The number of ether oxygens (including phenoxy) is 4. The van der Waals surface area contributed by atoms with Crippen molar-refractivity contribution in [3.63, 3.8) is 0 Å². The minimum Gasteiger partial charge on any atom is -0.494 e. The summed E-state index contributed by atoms with van der Waals surface area (Å²) in [5, 5.41) is 0. The molecule has 2 rings (SSSR count). The lowest BCUT2D eigenvalue weighted by Gasteiger charge is -2.10. The fourth-order valence-electron chi connectivity index (χ4n) is 2.78. The van der Waals surface area contributed by atoms with Crippen molar-refractivity contribution in [2.24, 2.45) is 5.92 Å². The number of benzene rings is 2. The SMILES string of the molecule is CCCCOC(=O)c1ccc(OC(=O)c2ccc(OCCCCOC(=O)C(C)CC)cc2)cc1. The largest absolute Gasteiger partial charge is 0.494 e. The van der Waals surface area contributed by atoms with Crippen molar-refractivity contribution >= 4 is 17.9 Å². The van der Waals surface area contributed by atoms with Crippen molar-refractivity contribution in [1.82, 2.24) is 0 Å². The molecule has 0 radical (unpaired) electrons. The average molecular weight is 471 g/mol. The number of hydrogen-bond donors (Lipinski definition) is 0. The third-order valence-corrected chi connectivity index (χ3v) is 5.19. The van der Waals surface area contributed by atoms with E-state index in [2.05, 4.69) is 0 Å². The number of carbonyl (C=O) groups is 3. The van der Waals surface area contributed by atoms with Gasteiger partial charge >= 0.3 is 17.9 Å². The van der Waals surface area contributed by atoms with Crippen LogP contribution in [-0.4, -0.2) is 37.7 Å². The van der Waals surface area contributed by atoms with Gasteiger partial charge in [0.05, 0.1) is 36.9 Å². The van der Waals surface area contributed by atoms with Crippen molar-refractivity contribution in [2.45, 2.75) is 52.9 Å². The Hall–Kier alpha value is -3.35. The van der Waals surface area contributed by atoms with Gasteiger partial charge in [0.15, 0.2) is 0 Å². The van der Waals surface area contributed by atoms with Crippen LogP contribution in [0, 0.1) is 5.92 Å². The topological polar surface area (TPSA) is 88.1 Å². The molecular formula is C27H34O7. The minimum atomic E-state index is -0.507. The molecule has 0 aromatic heterocycles. The Morgan fingerprint density at radius 2 is 1.26 bits per heavy atom. The quantitative estimate of drug-likeness (QED) is 0.201. The molecular weight excluding hydrogens is 436 g/mol. The van der Waals surface area contributed by atoms with Crippen LogP contribution in [0.4, 0.5) is 0 Å². The molecule has 0 fully saturated rings. The molecule has 0 amide bonds. The normalized spacial score (nSPS) is 11.4. The number of unbranched alkanes of at least 4 members (excludes halogenated alkanes) is 2. The molecule has 34 heavy (non-hydrogen) atoms. The van der Waals surface area contributed by atoms with Gasteiger partial charge in [-0.2, -0.15) is 0 Å². The van der Waals surface area contributed by atoms with E-state index in [1.165, 1.54) is 0 Å². The summed E-state index contributed by atoms with van der Waals surface area (Å²) in [6, 6.07) is 12.9. The van der Waals surface area contributed by atoms with Crippen LogP contribution in [0.25, 0.3) is 0 Å². The van der Waals surface area contributed by atoms with Crippen molar-refractivity contribution in [2.75, 3.05) is 19.8 Å². The van der Waals surface area contributed by atoms with Crippen LogP contribution in [0.5, 0.6) is 11.5 Å². The van der Waals surface area contributed by atoms with Crippen LogP contribution in [0.3, 0.4) is 0 Å². The second-order valence-electron chi connectivity index (χ2n) is 7.96. The van der Waals surface area contributed by atoms with E-state index >= 15 is 0 Å². The number of carbonyl (C=O) groups excluding carboxylic acids is 3. The van der Waals surface area contributed by atoms with E-state index in [1.807, 2.05) is 20.8 Å². The molecule has 0 bridgehead atoms. The molecule has 0 aliphatic carbocycles. The standard InChI is InChI=1S/C27H34O7/c1-4-6-17-33-26(29)21-11-15-24(16-12-21)34-27(30)22-9-13-23(14-10-22)31-18-7-8-19-32-25(28)20(3)5-2/h9-16,20H,4-8,17-19H2,1-3H3. The minimum absolute atomic E-state index is 0.0695. The molecule has 1 atom stereocenters. The van der Waals surface area contributed by atoms with Gasteiger partial charge in [0.1, 0.15) is 11.5 Å². The van der Waals surface area contributed by atoms with Crippen LogP contribution >= 0.6 is 0 Å². The summed E-state index contributed by atoms with van der Waals surface area (Å²) in [7, 11) is 0. The van der Waals surface area contributed by atoms with E-state index in [9.17, 15) is 14.4 Å². The molecule has 0 saturated carbocycles. The van der Waals surface area contributed by atoms with E-state index in [-0.39, 0.29) is 11.9 Å². The highest BCUT2D eigenvalue weighted by atomic mass is 16.5. The maximum Gasteiger partial charge on any atom is 0.343 e. The Morgan fingerprint density at radius 3 is 1.88 bits per heavy atom. The molecule has 1 unspecified atom stereocenters. The van der Waals surface area contributed by atoms with Gasteiger partial charge in [0.25, 0.3) is 0 Å². The second kappa shape index (κ2) is 14.7. The fraction of sp³-hybridized carbons (Fsp3) is 0.444. The van der Waals surface area contributed by atoms with E-state index in [4.69, 9.17) is 18.9 Å². The van der Waals surface area contributed by atoms with Crippen LogP contribution in [0.2, 0.25) is 0 Å². The third kappa shape index (κ3) is 9.25. The van der Waals surface area contributed by atoms with Gasteiger partial charge in [-0.15, -0.1) is 0 Å². The fourth-order valence-corrected chi connectivity index (χ4v) is 2.78. The molecule has 0 aliphatic heterocycles. The van der Waals surface area contributed by atoms with Gasteiger partial charge in [-0.25, -0.2) is 9.59 Å². The summed E-state index contributed by atoms with van der Waals surface area (Å²) in [6.45, 7) is 7.09. The summed E-state index contributed by atoms with van der Waals surface area (Å²) in [5.41, 5.74) is 0.790. The molecule has 2 aromatic carbocycles. The molecule has 0 aliphatic rings. The lowest BCUT2D eigenvalue weighted by atomic mass is 10.1. The number of rotatable bonds is 14. The maximum atomic E-state index is 12.4. The molecule has 0 N–H and O–H groups in total. The van der Waals surface area contributed by atoms with Gasteiger partial charge < -0.3 is 18.9 Å². The molecule has 7 nitrogen and oxygen atoms in total. The zero-order chi connectivity index (χ0) is 24.8. The van der Waals surface area contributed by atoms with Crippen molar-refractivity contribution in [3.8, 4) is 11.5 Å². The highest BCUT2D eigenvalue weighted by molar-refractivity contribution is 5.92. The first-order valence-corrected chi connectivity index (χ1v) is 11.8. The number of hydrogen-bond acceptors (Lipinski definition) is 7. The van der Waals surface area contributed by atoms with Crippen LogP contribution < -0.4 is 9.47 Å². The maximum absolute atomic E-state index is 12.4. The van der Waals surface area contributed by atoms with E-state index < -0.39 is 11.9 Å². The van der Waals surface area contributed by atoms with Gasteiger partial charge in [-0.3, -0.25) is 4.79 Å². The van der Waals surface area contributed by atoms with Crippen LogP contribution in [0.15, 0.2) is 48.5 Å². The average Bonchev–Trinajstić information content (AvgIpc) is 2.86. The third-order valence-electron chi connectivity index (χ3n) is 5.19. The summed E-state index contributed by atoms with van der Waals surface area (Å²) < 4.78 is 21.4. The zero-order valence-corrected chi connectivity index (χ0v) is 20.2. The summed E-state index contributed by atoms with van der Waals surface area (Å²) in [4.78, 5) is 35.9. The van der Waals surface area contributed by atoms with Gasteiger partial charge in [-0.1, -0.05) is 27.2 Å². The molecule has 0 saturated heterocycles. The van der Waals surface area contributed by atoms with Crippen LogP contribution in [0.1, 0.15) is 73.6 Å². The molecule has 184 valence electrons. The van der Waals surface area contributed by atoms with Gasteiger partial charge in [-0.05, 0) is 74.2 Å². The van der Waals surface area contributed by atoms with Crippen molar-refractivity contribution in [3.05, 3.63) is 59.7 Å². The molecule has 7 heteroatoms. The predicted molar refractivity (Wildman–Crippen MR) is 128 cm³/mol. The Bertz CT molecular complexity index is 904. The summed E-state index contributed by atoms with van der Waals surface area (Å²) in [5.74, 6) is -0.155. The first-order chi connectivity index (χ1) is 16.4. The highest BCUT2D eigenvalue weighted by Crippen LogP contribution is 2.17. The van der Waals surface area contributed by atoms with Crippen molar-refractivity contribution in [1.29, 1.82) is 0 Å². The number of esters is 3. The zero-order valence-electron chi connectivity index (χ0n) is 20.2. The smallest absolute Gasteiger partial charge is 0.343 e. The monoisotopic (exact) mass is 470 g/mol. The van der Waals surface area contributed by atoms with Crippen molar-refractivity contribution < 1.29 is 33.3 Å². The predicted octanol–water partition coefficient (Wildman–Crippen LogP) is 5.61. The van der Waals surface area contributed by atoms with Gasteiger partial charge in [0, 0.05) is 0 Å². The lowest BCUT2D eigenvalue weighted by molar-refractivity contribution is -0.148. The molecule has 0 heterocycles. The highest BCUT2D eigenvalue weighted by Gasteiger charge is 2.12. The van der Waals surface area contributed by atoms with Gasteiger partial charge in [0.2, 0.25) is 0 Å². The molecule has 0 spiro atoms. The Labute approximate surface area is 201 Å². The van der Waals surface area contributed by atoms with Crippen LogP contribution in [-0.2, 0) is 14.3 Å². The Kier molecular flexibility index (Phi) is 11.7. The van der Waals surface area contributed by atoms with E-state index in [0.29, 0.717) is 42.4 Å². The Morgan fingerprint density at radius 1 is 0.706 bits per heavy atom. The summed E-state index contributed by atoms with van der Waals surface area (Å²) in [6.07, 6.45) is 4.02. The summed E-state index contributed by atoms with van der Waals surface area (Å²) >= 11 is 0. The first-order valence-electron chi connectivity index (χ1n) is 11.8. The Balaban J connectivity index is 1.72. The first kappa shape index (κ1) is 26.9. The van der Waals surface area contributed by atoms with E-state index in [0.717, 1.165) is 32.1 Å².